The van der Waals surface area contributed by atoms with Crippen molar-refractivity contribution in [1.82, 2.24) is 10.1 Å². The van der Waals surface area contributed by atoms with Gasteiger partial charge in [-0.05, 0) is 31.5 Å². The summed E-state index contributed by atoms with van der Waals surface area (Å²) in [5.41, 5.74) is 0.716. The van der Waals surface area contributed by atoms with Gasteiger partial charge in [-0.2, -0.15) is 0 Å². The van der Waals surface area contributed by atoms with E-state index in [2.05, 4.69) is 10.5 Å². The van der Waals surface area contributed by atoms with Crippen molar-refractivity contribution in [2.45, 2.75) is 25.6 Å². The molecular weight excluding hydrogens is 345 g/mol. The highest BCUT2D eigenvalue weighted by Crippen LogP contribution is 2.15. The van der Waals surface area contributed by atoms with Crippen LogP contribution in [-0.2, 0) is 16.1 Å². The summed E-state index contributed by atoms with van der Waals surface area (Å²) in [6.45, 7) is 3.76. The number of aryl methyl sites for hydroxylation is 1. The predicted molar refractivity (Wildman–Crippen MR) is 94.7 cm³/mol. The summed E-state index contributed by atoms with van der Waals surface area (Å²) in [6, 6.07) is 7.74. The fourth-order valence-electron chi connectivity index (χ4n) is 2.03. The molecule has 1 atom stereocenters. The summed E-state index contributed by atoms with van der Waals surface area (Å²) in [6.07, 6.45) is 0. The number of aromatic nitrogens is 1. The zero-order valence-electron chi connectivity index (χ0n) is 14.3. The molecule has 1 unspecified atom stereocenters. The third-order valence-electron chi connectivity index (χ3n) is 3.44. The normalized spacial score (nSPS) is 11.8. The lowest BCUT2D eigenvalue weighted by Crippen LogP contribution is -2.30. The highest BCUT2D eigenvalue weighted by Gasteiger charge is 2.18. The van der Waals surface area contributed by atoms with Gasteiger partial charge in [-0.3, -0.25) is 9.59 Å². The largest absolute Gasteiger partial charge is 0.360 e. The number of rotatable bonds is 7. The van der Waals surface area contributed by atoms with E-state index in [9.17, 15) is 14.0 Å². The number of nitrogens with one attached hydrogen (secondary N) is 1. The molecule has 1 N–H and O–H groups in total. The van der Waals surface area contributed by atoms with Crippen molar-refractivity contribution >= 4 is 29.4 Å². The van der Waals surface area contributed by atoms with Gasteiger partial charge in [0.05, 0.1) is 11.0 Å². The van der Waals surface area contributed by atoms with Crippen LogP contribution in [-0.4, -0.2) is 39.9 Å². The van der Waals surface area contributed by atoms with Crippen LogP contribution in [0.25, 0.3) is 0 Å². The van der Waals surface area contributed by atoms with Gasteiger partial charge in [0.2, 0.25) is 11.8 Å². The molecule has 134 valence electrons. The monoisotopic (exact) mass is 365 g/mol. The van der Waals surface area contributed by atoms with Crippen LogP contribution in [0.15, 0.2) is 34.9 Å². The fourth-order valence-corrected chi connectivity index (χ4v) is 2.86. The third-order valence-corrected chi connectivity index (χ3v) is 4.57. The Labute approximate surface area is 149 Å². The quantitative estimate of drug-likeness (QED) is 0.817. The summed E-state index contributed by atoms with van der Waals surface area (Å²) < 4.78 is 18.1. The minimum atomic E-state index is -0.427. The van der Waals surface area contributed by atoms with Crippen molar-refractivity contribution in [2.75, 3.05) is 18.1 Å². The number of anilines is 1. The first kappa shape index (κ1) is 19.0. The summed E-state index contributed by atoms with van der Waals surface area (Å²) in [5.74, 6) is 0.388. The van der Waals surface area contributed by atoms with Crippen molar-refractivity contribution < 1.29 is 18.5 Å². The topological polar surface area (TPSA) is 75.4 Å². The number of hydrogen-bond acceptors (Lipinski definition) is 5. The Kier molecular flexibility index (Phi) is 6.58. The Bertz CT molecular complexity index is 750. The second-order valence-corrected chi connectivity index (χ2v) is 6.97. The number of thioether (sulfide) groups is 1. The molecule has 6 nitrogen and oxygen atoms in total. The van der Waals surface area contributed by atoms with E-state index in [1.54, 1.807) is 39.1 Å². The zero-order chi connectivity index (χ0) is 18.4. The maximum absolute atomic E-state index is 13.2. The third kappa shape index (κ3) is 5.90. The first-order valence-electron chi connectivity index (χ1n) is 7.69. The smallest absolute Gasteiger partial charge is 0.238 e. The van der Waals surface area contributed by atoms with Gasteiger partial charge in [-0.15, -0.1) is 11.8 Å². The molecule has 0 saturated heterocycles. The first-order valence-corrected chi connectivity index (χ1v) is 8.74. The molecule has 2 amide bonds. The van der Waals surface area contributed by atoms with Crippen LogP contribution in [0.1, 0.15) is 18.2 Å². The summed E-state index contributed by atoms with van der Waals surface area (Å²) in [5, 5.41) is 5.90. The number of carbonyl (C=O) groups excluding carboxylic acids is 2. The van der Waals surface area contributed by atoms with Crippen molar-refractivity contribution in [3.05, 3.63) is 47.5 Å². The second-order valence-electron chi connectivity index (χ2n) is 5.65. The van der Waals surface area contributed by atoms with Gasteiger partial charge in [-0.1, -0.05) is 17.3 Å². The van der Waals surface area contributed by atoms with Crippen molar-refractivity contribution in [3.63, 3.8) is 0 Å². The number of halogens is 1. The minimum absolute atomic E-state index is 0.133. The van der Waals surface area contributed by atoms with Crippen LogP contribution in [0.3, 0.4) is 0 Å². The predicted octanol–water partition coefficient (Wildman–Crippen LogP) is 2.84. The fraction of sp³-hybridized carbons (Fsp3) is 0.353. The molecule has 0 spiro atoms. The molecule has 2 aromatic rings. The Morgan fingerprint density at radius 1 is 1.40 bits per heavy atom. The molecule has 25 heavy (non-hydrogen) atoms. The number of carbonyl (C=O) groups is 2. The first-order chi connectivity index (χ1) is 11.8. The molecule has 1 heterocycles. The Hall–Kier alpha value is -2.35. The standard InChI is InChI=1S/C17H20FN3O3S/c1-11-7-15(20-24-11)19-17(23)12(2)25-10-16(22)21(3)9-13-5-4-6-14(18)8-13/h4-8,12H,9-10H2,1-3H3,(H,19,20,23). The molecule has 8 heteroatoms. The van der Waals surface area contributed by atoms with Crippen molar-refractivity contribution in [1.29, 1.82) is 0 Å². The van der Waals surface area contributed by atoms with E-state index in [1.807, 2.05) is 0 Å². The molecule has 0 aliphatic carbocycles. The summed E-state index contributed by atoms with van der Waals surface area (Å²) >= 11 is 1.22. The van der Waals surface area contributed by atoms with E-state index in [4.69, 9.17) is 4.52 Å². The number of benzene rings is 1. The van der Waals surface area contributed by atoms with E-state index in [0.717, 1.165) is 0 Å². The van der Waals surface area contributed by atoms with Crippen molar-refractivity contribution in [3.8, 4) is 0 Å². The van der Waals surface area contributed by atoms with Gasteiger partial charge in [0.1, 0.15) is 11.6 Å². The van der Waals surface area contributed by atoms with Crippen LogP contribution >= 0.6 is 11.8 Å². The van der Waals surface area contributed by atoms with Gasteiger partial charge >= 0.3 is 0 Å². The summed E-state index contributed by atoms with van der Waals surface area (Å²) in [4.78, 5) is 25.7. The van der Waals surface area contributed by atoms with Crippen LogP contribution in [0.5, 0.6) is 0 Å². The van der Waals surface area contributed by atoms with E-state index < -0.39 is 5.25 Å². The SMILES string of the molecule is Cc1cc(NC(=O)C(C)SCC(=O)N(C)Cc2cccc(F)c2)no1. The van der Waals surface area contributed by atoms with E-state index in [-0.39, 0.29) is 23.4 Å². The number of amides is 2. The Morgan fingerprint density at radius 3 is 2.80 bits per heavy atom. The molecular formula is C17H20FN3O3S. The maximum Gasteiger partial charge on any atom is 0.238 e. The molecule has 0 aliphatic rings. The molecule has 0 radical (unpaired) electrons. The zero-order valence-corrected chi connectivity index (χ0v) is 15.1. The molecule has 0 saturated carbocycles. The Morgan fingerprint density at radius 2 is 2.16 bits per heavy atom. The average molecular weight is 365 g/mol. The van der Waals surface area contributed by atoms with Crippen LogP contribution in [0.4, 0.5) is 10.2 Å². The van der Waals surface area contributed by atoms with E-state index in [1.165, 1.54) is 28.8 Å². The highest BCUT2D eigenvalue weighted by molar-refractivity contribution is 8.01. The highest BCUT2D eigenvalue weighted by atomic mass is 32.2. The molecule has 0 fully saturated rings. The lowest BCUT2D eigenvalue weighted by Gasteiger charge is -2.18. The molecule has 2 rings (SSSR count). The van der Waals surface area contributed by atoms with Gasteiger partial charge < -0.3 is 14.7 Å². The average Bonchev–Trinajstić information content (AvgIpc) is 2.97. The molecule has 1 aromatic carbocycles. The minimum Gasteiger partial charge on any atom is -0.360 e. The van der Waals surface area contributed by atoms with Gasteiger partial charge in [-0.25, -0.2) is 4.39 Å². The molecule has 0 aliphatic heterocycles. The number of hydrogen-bond donors (Lipinski definition) is 1. The lowest BCUT2D eigenvalue weighted by molar-refractivity contribution is -0.127. The molecule has 0 bridgehead atoms. The van der Waals surface area contributed by atoms with Gasteiger partial charge in [0.25, 0.3) is 0 Å². The van der Waals surface area contributed by atoms with E-state index >= 15 is 0 Å². The summed E-state index contributed by atoms with van der Waals surface area (Å²) in [7, 11) is 1.65. The second kappa shape index (κ2) is 8.66. The van der Waals surface area contributed by atoms with Gasteiger partial charge in [0.15, 0.2) is 5.82 Å². The van der Waals surface area contributed by atoms with Crippen LogP contribution in [0.2, 0.25) is 0 Å². The maximum atomic E-state index is 13.2. The lowest BCUT2D eigenvalue weighted by atomic mass is 10.2. The van der Waals surface area contributed by atoms with Crippen LogP contribution in [0, 0.1) is 12.7 Å². The van der Waals surface area contributed by atoms with Gasteiger partial charge in [0, 0.05) is 19.7 Å². The van der Waals surface area contributed by atoms with Crippen molar-refractivity contribution in [2.24, 2.45) is 0 Å². The van der Waals surface area contributed by atoms with Crippen LogP contribution < -0.4 is 5.32 Å². The Balaban J connectivity index is 1.78. The van der Waals surface area contributed by atoms with E-state index in [0.29, 0.717) is 23.7 Å². The number of nitrogens with zero attached hydrogens (tertiary/aromatic N) is 2. The molecule has 1 aromatic heterocycles.